The average Bonchev–Trinajstić information content (AvgIpc) is 2.42. The number of benzene rings is 1. The Bertz CT molecular complexity index is 625. The van der Waals surface area contributed by atoms with Crippen LogP contribution in [0.2, 0.25) is 5.02 Å². The maximum Gasteiger partial charge on any atom is 0.240 e. The number of hydrogen-bond acceptors (Lipinski definition) is 4. The smallest absolute Gasteiger partial charge is 0.240 e. The fourth-order valence-electron chi connectivity index (χ4n) is 2.34. The van der Waals surface area contributed by atoms with Crippen LogP contribution in [0, 0.1) is 12.3 Å². The lowest BCUT2D eigenvalue weighted by Crippen LogP contribution is -2.39. The summed E-state index contributed by atoms with van der Waals surface area (Å²) in [7, 11) is -3.63. The Kier molecular flexibility index (Phi) is 4.82. The average molecular weight is 333 g/mol. The Morgan fingerprint density at radius 3 is 2.62 bits per heavy atom. The van der Waals surface area contributed by atoms with Crippen molar-refractivity contribution >= 4 is 27.3 Å². The Balaban J connectivity index is 2.19. The Morgan fingerprint density at radius 1 is 1.38 bits per heavy atom. The second-order valence-electron chi connectivity index (χ2n) is 5.87. The van der Waals surface area contributed by atoms with Crippen LogP contribution in [0.25, 0.3) is 0 Å². The predicted octanol–water partition coefficient (Wildman–Crippen LogP) is 2.33. The van der Waals surface area contributed by atoms with E-state index >= 15 is 0 Å². The van der Waals surface area contributed by atoms with Crippen molar-refractivity contribution in [2.45, 2.75) is 31.6 Å². The van der Waals surface area contributed by atoms with Gasteiger partial charge in [0.05, 0.1) is 4.90 Å². The van der Waals surface area contributed by atoms with E-state index in [1.54, 1.807) is 13.0 Å². The first kappa shape index (κ1) is 16.5. The second kappa shape index (κ2) is 6.12. The van der Waals surface area contributed by atoms with Crippen LogP contribution in [-0.2, 0) is 14.8 Å². The van der Waals surface area contributed by atoms with E-state index in [0.29, 0.717) is 36.0 Å². The summed E-state index contributed by atoms with van der Waals surface area (Å²) in [6.45, 7) is 5.46. The van der Waals surface area contributed by atoms with Gasteiger partial charge in [0.2, 0.25) is 10.0 Å². The molecule has 21 heavy (non-hydrogen) atoms. The highest BCUT2D eigenvalue weighted by Crippen LogP contribution is 2.30. The number of nitrogens with two attached hydrogens (primary N) is 1. The van der Waals surface area contributed by atoms with E-state index in [9.17, 15) is 8.42 Å². The fourth-order valence-corrected chi connectivity index (χ4v) is 4.13. The summed E-state index contributed by atoms with van der Waals surface area (Å²) in [5, 5.41) is 0.316. The SMILES string of the molecule is Cc1c(N)cc(Cl)cc1S(=O)(=O)NCC1(C)CCOCC1. The van der Waals surface area contributed by atoms with E-state index in [0.717, 1.165) is 12.8 Å². The summed E-state index contributed by atoms with van der Waals surface area (Å²) >= 11 is 5.92. The van der Waals surface area contributed by atoms with Crippen LogP contribution >= 0.6 is 11.6 Å². The zero-order valence-electron chi connectivity index (χ0n) is 12.3. The molecule has 0 bridgehead atoms. The molecule has 1 saturated heterocycles. The summed E-state index contributed by atoms with van der Waals surface area (Å²) in [6, 6.07) is 2.98. The van der Waals surface area contributed by atoms with Crippen LogP contribution in [0.5, 0.6) is 0 Å². The number of nitrogens with one attached hydrogen (secondary N) is 1. The van der Waals surface area contributed by atoms with Gasteiger partial charge in [0, 0.05) is 30.5 Å². The number of halogens is 1. The molecule has 1 aliphatic rings. The summed E-state index contributed by atoms with van der Waals surface area (Å²) in [5.74, 6) is 0. The minimum Gasteiger partial charge on any atom is -0.398 e. The molecule has 7 heteroatoms. The van der Waals surface area contributed by atoms with Crippen LogP contribution in [0.4, 0.5) is 5.69 Å². The number of ether oxygens (including phenoxy) is 1. The largest absolute Gasteiger partial charge is 0.398 e. The normalized spacial score (nSPS) is 18.6. The van der Waals surface area contributed by atoms with Crippen molar-refractivity contribution < 1.29 is 13.2 Å². The quantitative estimate of drug-likeness (QED) is 0.829. The first-order chi connectivity index (χ1) is 9.73. The van der Waals surface area contributed by atoms with Gasteiger partial charge in [-0.15, -0.1) is 0 Å². The van der Waals surface area contributed by atoms with Crippen molar-refractivity contribution in [1.29, 1.82) is 0 Å². The van der Waals surface area contributed by atoms with Gasteiger partial charge in [0.25, 0.3) is 0 Å². The molecule has 5 nitrogen and oxygen atoms in total. The third-order valence-electron chi connectivity index (χ3n) is 4.04. The van der Waals surface area contributed by atoms with Gasteiger partial charge in [-0.25, -0.2) is 13.1 Å². The van der Waals surface area contributed by atoms with Crippen LogP contribution in [0.3, 0.4) is 0 Å². The molecule has 0 spiro atoms. The maximum absolute atomic E-state index is 12.5. The molecule has 1 aromatic rings. The molecule has 3 N–H and O–H groups in total. The van der Waals surface area contributed by atoms with Crippen molar-refractivity contribution in [1.82, 2.24) is 4.72 Å². The number of rotatable bonds is 4. The third-order valence-corrected chi connectivity index (χ3v) is 5.79. The lowest BCUT2D eigenvalue weighted by Gasteiger charge is -2.33. The van der Waals surface area contributed by atoms with Gasteiger partial charge in [-0.2, -0.15) is 0 Å². The van der Waals surface area contributed by atoms with Crippen LogP contribution in [0.15, 0.2) is 17.0 Å². The maximum atomic E-state index is 12.5. The van der Waals surface area contributed by atoms with E-state index in [1.165, 1.54) is 6.07 Å². The molecule has 1 aromatic carbocycles. The zero-order valence-corrected chi connectivity index (χ0v) is 13.9. The molecule has 0 amide bonds. The van der Waals surface area contributed by atoms with E-state index in [4.69, 9.17) is 22.1 Å². The summed E-state index contributed by atoms with van der Waals surface area (Å²) in [4.78, 5) is 0.142. The van der Waals surface area contributed by atoms with Gasteiger partial charge < -0.3 is 10.5 Å². The highest BCUT2D eigenvalue weighted by molar-refractivity contribution is 7.89. The topological polar surface area (TPSA) is 81.4 Å². The first-order valence-electron chi connectivity index (χ1n) is 6.87. The highest BCUT2D eigenvalue weighted by Gasteiger charge is 2.30. The monoisotopic (exact) mass is 332 g/mol. The van der Waals surface area contributed by atoms with Crippen LogP contribution in [0.1, 0.15) is 25.3 Å². The molecular weight excluding hydrogens is 312 g/mol. The van der Waals surface area contributed by atoms with Gasteiger partial charge in [-0.3, -0.25) is 0 Å². The van der Waals surface area contributed by atoms with Crippen molar-refractivity contribution in [2.24, 2.45) is 5.41 Å². The molecule has 118 valence electrons. The Morgan fingerprint density at radius 2 is 2.00 bits per heavy atom. The van der Waals surface area contributed by atoms with E-state index in [2.05, 4.69) is 11.6 Å². The number of hydrogen-bond donors (Lipinski definition) is 2. The van der Waals surface area contributed by atoms with E-state index in [1.807, 2.05) is 0 Å². The van der Waals surface area contributed by atoms with Gasteiger partial charge in [0.1, 0.15) is 0 Å². The minimum atomic E-state index is -3.63. The summed E-state index contributed by atoms with van der Waals surface area (Å²) in [6.07, 6.45) is 1.68. The lowest BCUT2D eigenvalue weighted by atomic mass is 9.83. The molecular formula is C14H21ClN2O3S. The summed E-state index contributed by atoms with van der Waals surface area (Å²) < 4.78 is 33.0. The van der Waals surface area contributed by atoms with Crippen LogP contribution in [-0.4, -0.2) is 28.2 Å². The van der Waals surface area contributed by atoms with Gasteiger partial charge >= 0.3 is 0 Å². The van der Waals surface area contributed by atoms with Crippen molar-refractivity contribution in [3.05, 3.63) is 22.7 Å². The molecule has 0 unspecified atom stereocenters. The van der Waals surface area contributed by atoms with Gasteiger partial charge in [-0.05, 0) is 42.9 Å². The number of anilines is 1. The Hall–Kier alpha value is -0.820. The second-order valence-corrected chi connectivity index (χ2v) is 8.04. The first-order valence-corrected chi connectivity index (χ1v) is 8.73. The molecule has 1 heterocycles. The number of sulfonamides is 1. The molecule has 0 atom stereocenters. The molecule has 1 fully saturated rings. The predicted molar refractivity (Wildman–Crippen MR) is 83.9 cm³/mol. The number of nitrogen functional groups attached to an aromatic ring is 1. The molecule has 0 saturated carbocycles. The Labute approximate surface area is 130 Å². The van der Waals surface area contributed by atoms with Gasteiger partial charge in [0.15, 0.2) is 0 Å². The molecule has 0 aliphatic carbocycles. The van der Waals surface area contributed by atoms with Gasteiger partial charge in [-0.1, -0.05) is 18.5 Å². The van der Waals surface area contributed by atoms with Crippen molar-refractivity contribution in [3.8, 4) is 0 Å². The standard InChI is InChI=1S/C14H21ClN2O3S/c1-10-12(16)7-11(15)8-13(10)21(18,19)17-9-14(2)3-5-20-6-4-14/h7-8,17H,3-6,9,16H2,1-2H3. The molecule has 0 aromatic heterocycles. The molecule has 1 aliphatic heterocycles. The third kappa shape index (κ3) is 3.88. The highest BCUT2D eigenvalue weighted by atomic mass is 35.5. The lowest BCUT2D eigenvalue weighted by molar-refractivity contribution is 0.0264. The van der Waals surface area contributed by atoms with E-state index < -0.39 is 10.0 Å². The molecule has 0 radical (unpaired) electrons. The van der Waals surface area contributed by atoms with Crippen molar-refractivity contribution in [3.63, 3.8) is 0 Å². The molecule has 2 rings (SSSR count). The zero-order chi connectivity index (χ0) is 15.7. The minimum absolute atomic E-state index is 0.0800. The fraction of sp³-hybridized carbons (Fsp3) is 0.571. The summed E-state index contributed by atoms with van der Waals surface area (Å²) in [5.41, 5.74) is 6.60. The van der Waals surface area contributed by atoms with Crippen LogP contribution < -0.4 is 10.5 Å². The van der Waals surface area contributed by atoms with Crippen molar-refractivity contribution in [2.75, 3.05) is 25.5 Å². The van der Waals surface area contributed by atoms with E-state index in [-0.39, 0.29) is 10.3 Å².